The van der Waals surface area contributed by atoms with E-state index in [1.54, 1.807) is 36.4 Å². The molecule has 1 aliphatic heterocycles. The molecule has 4 nitrogen and oxygen atoms in total. The number of para-hydroxylation sites is 2. The van der Waals surface area contributed by atoms with E-state index in [4.69, 9.17) is 16.3 Å². The Hall–Kier alpha value is -2.33. The highest BCUT2D eigenvalue weighted by atomic mass is 35.5. The molecule has 21 heavy (non-hydrogen) atoms. The van der Waals surface area contributed by atoms with E-state index < -0.39 is 11.7 Å². The smallest absolute Gasteiger partial charge is 0.299 e. The minimum Gasteiger partial charge on any atom is -0.490 e. The van der Waals surface area contributed by atoms with Crippen molar-refractivity contribution in [3.63, 3.8) is 0 Å². The summed E-state index contributed by atoms with van der Waals surface area (Å²) in [4.78, 5) is 25.2. The molecular weight excluding hydrogens is 290 g/mol. The molecule has 0 unspecified atom stereocenters. The molecule has 1 aliphatic rings. The molecule has 3 rings (SSSR count). The average molecular weight is 302 g/mol. The molecule has 0 N–H and O–H groups in total. The van der Waals surface area contributed by atoms with Crippen LogP contribution in [0.4, 0.5) is 5.69 Å². The molecule has 0 aromatic heterocycles. The molecule has 0 atom stereocenters. The summed E-state index contributed by atoms with van der Waals surface area (Å²) in [5.41, 5.74) is 1.08. The molecule has 0 saturated heterocycles. The first kappa shape index (κ1) is 13.6. The summed E-state index contributed by atoms with van der Waals surface area (Å²) in [5.74, 6) is -0.423. The maximum Gasteiger partial charge on any atom is 0.299 e. The van der Waals surface area contributed by atoms with Gasteiger partial charge in [0.05, 0.1) is 22.8 Å². The second-order valence-corrected chi connectivity index (χ2v) is 4.99. The molecule has 0 saturated carbocycles. The third-order valence-electron chi connectivity index (χ3n) is 3.29. The largest absolute Gasteiger partial charge is 0.490 e. The van der Waals surface area contributed by atoms with Gasteiger partial charge in [0.2, 0.25) is 0 Å². The molecule has 0 bridgehead atoms. The second-order valence-electron chi connectivity index (χ2n) is 4.58. The highest BCUT2D eigenvalue weighted by molar-refractivity contribution is 6.52. The Morgan fingerprint density at radius 1 is 1.00 bits per heavy atom. The van der Waals surface area contributed by atoms with Crippen molar-refractivity contribution < 1.29 is 14.3 Å². The van der Waals surface area contributed by atoms with Crippen LogP contribution in [-0.4, -0.2) is 24.8 Å². The predicted octanol–water partition coefficient (Wildman–Crippen LogP) is 2.95. The molecule has 2 aromatic carbocycles. The lowest BCUT2D eigenvalue weighted by Crippen LogP contribution is -2.33. The van der Waals surface area contributed by atoms with Gasteiger partial charge in [0.25, 0.3) is 11.7 Å². The molecular formula is C16H12ClNO3. The number of carbonyl (C=O) groups excluding carboxylic acids is 2. The monoisotopic (exact) mass is 301 g/mol. The molecule has 0 radical (unpaired) electrons. The number of amides is 1. The van der Waals surface area contributed by atoms with Gasteiger partial charge in [0.15, 0.2) is 0 Å². The average Bonchev–Trinajstić information content (AvgIpc) is 2.74. The number of carbonyl (C=O) groups is 2. The van der Waals surface area contributed by atoms with Crippen molar-refractivity contribution in [3.8, 4) is 5.75 Å². The number of rotatable bonds is 4. The molecule has 2 aromatic rings. The van der Waals surface area contributed by atoms with Crippen LogP contribution in [0, 0.1) is 0 Å². The Labute approximate surface area is 126 Å². The maximum atomic E-state index is 12.0. The number of halogens is 1. The van der Waals surface area contributed by atoms with E-state index in [1.807, 2.05) is 12.1 Å². The van der Waals surface area contributed by atoms with Gasteiger partial charge in [-0.2, -0.15) is 0 Å². The number of anilines is 1. The van der Waals surface area contributed by atoms with Gasteiger partial charge in [-0.25, -0.2) is 0 Å². The molecule has 1 heterocycles. The Balaban J connectivity index is 1.70. The fourth-order valence-electron chi connectivity index (χ4n) is 2.28. The van der Waals surface area contributed by atoms with Crippen LogP contribution in [0.25, 0.3) is 0 Å². The van der Waals surface area contributed by atoms with E-state index in [0.717, 1.165) is 0 Å². The zero-order valence-electron chi connectivity index (χ0n) is 11.1. The molecule has 0 aliphatic carbocycles. The lowest BCUT2D eigenvalue weighted by atomic mass is 10.1. The summed E-state index contributed by atoms with van der Waals surface area (Å²) in [6.07, 6.45) is 0. The highest BCUT2D eigenvalue weighted by Crippen LogP contribution is 2.28. The van der Waals surface area contributed by atoms with Crippen LogP contribution in [0.15, 0.2) is 48.5 Å². The summed E-state index contributed by atoms with van der Waals surface area (Å²) in [6.45, 7) is 0.559. The fourth-order valence-corrected chi connectivity index (χ4v) is 2.47. The van der Waals surface area contributed by atoms with Crippen molar-refractivity contribution in [2.75, 3.05) is 18.1 Å². The van der Waals surface area contributed by atoms with Crippen LogP contribution in [-0.2, 0) is 4.79 Å². The second kappa shape index (κ2) is 5.58. The van der Waals surface area contributed by atoms with Crippen molar-refractivity contribution >= 4 is 29.0 Å². The lowest BCUT2D eigenvalue weighted by molar-refractivity contribution is -0.114. The number of nitrogens with zero attached hydrogens (tertiary/aromatic N) is 1. The van der Waals surface area contributed by atoms with Crippen LogP contribution < -0.4 is 9.64 Å². The van der Waals surface area contributed by atoms with Crippen molar-refractivity contribution in [2.45, 2.75) is 0 Å². The Morgan fingerprint density at radius 2 is 1.71 bits per heavy atom. The van der Waals surface area contributed by atoms with Crippen molar-refractivity contribution in [1.29, 1.82) is 0 Å². The Morgan fingerprint density at radius 3 is 2.52 bits per heavy atom. The number of Topliss-reactive ketones (excluding diaryl/α,β-unsaturated/α-hetero) is 1. The van der Waals surface area contributed by atoms with Gasteiger partial charge in [-0.05, 0) is 24.3 Å². The van der Waals surface area contributed by atoms with E-state index >= 15 is 0 Å². The van der Waals surface area contributed by atoms with E-state index in [9.17, 15) is 9.59 Å². The lowest BCUT2D eigenvalue weighted by Gasteiger charge is -2.17. The Bertz CT molecular complexity index is 714. The standard InChI is InChI=1S/C16H12ClNO3/c17-12-6-2-4-8-14(12)21-10-9-18-13-7-3-1-5-11(13)15(19)16(18)20/h1-8H,9-10H2. The minimum atomic E-state index is -0.515. The Kier molecular flexibility index (Phi) is 3.62. The van der Waals surface area contributed by atoms with Crippen LogP contribution in [0.3, 0.4) is 0 Å². The summed E-state index contributed by atoms with van der Waals surface area (Å²) in [7, 11) is 0. The molecule has 1 amide bonds. The van der Waals surface area contributed by atoms with Gasteiger partial charge in [-0.1, -0.05) is 35.9 Å². The maximum absolute atomic E-state index is 12.0. The first-order chi connectivity index (χ1) is 10.2. The van der Waals surface area contributed by atoms with Gasteiger partial charge in [0, 0.05) is 0 Å². The molecule has 0 fully saturated rings. The third kappa shape index (κ3) is 2.50. The zero-order valence-corrected chi connectivity index (χ0v) is 11.8. The van der Waals surface area contributed by atoms with Crippen molar-refractivity contribution in [1.82, 2.24) is 0 Å². The molecule has 106 valence electrons. The van der Waals surface area contributed by atoms with Crippen LogP contribution in [0.5, 0.6) is 5.75 Å². The third-order valence-corrected chi connectivity index (χ3v) is 3.60. The van der Waals surface area contributed by atoms with Gasteiger partial charge in [0.1, 0.15) is 12.4 Å². The number of fused-ring (bicyclic) bond motifs is 1. The zero-order chi connectivity index (χ0) is 14.8. The van der Waals surface area contributed by atoms with E-state index in [2.05, 4.69) is 0 Å². The first-order valence-electron chi connectivity index (χ1n) is 6.51. The number of ketones is 1. The quantitative estimate of drug-likeness (QED) is 0.816. The van der Waals surface area contributed by atoms with Gasteiger partial charge >= 0.3 is 0 Å². The van der Waals surface area contributed by atoms with Crippen molar-refractivity contribution in [2.24, 2.45) is 0 Å². The predicted molar refractivity (Wildman–Crippen MR) is 80.1 cm³/mol. The SMILES string of the molecule is O=C1C(=O)N(CCOc2ccccc2Cl)c2ccccc21. The number of hydrogen-bond acceptors (Lipinski definition) is 3. The number of ether oxygens (including phenoxy) is 1. The van der Waals surface area contributed by atoms with E-state index in [1.165, 1.54) is 4.90 Å². The fraction of sp³-hybridized carbons (Fsp3) is 0.125. The minimum absolute atomic E-state index is 0.261. The van der Waals surface area contributed by atoms with Crippen LogP contribution >= 0.6 is 11.6 Å². The number of benzene rings is 2. The molecule has 0 spiro atoms. The normalized spacial score (nSPS) is 13.5. The summed E-state index contributed by atoms with van der Waals surface area (Å²) in [6, 6.07) is 14.1. The van der Waals surface area contributed by atoms with Gasteiger partial charge in [-0.15, -0.1) is 0 Å². The molecule has 5 heteroatoms. The van der Waals surface area contributed by atoms with E-state index in [0.29, 0.717) is 28.6 Å². The van der Waals surface area contributed by atoms with Crippen LogP contribution in [0.2, 0.25) is 5.02 Å². The van der Waals surface area contributed by atoms with Gasteiger partial charge < -0.3 is 9.64 Å². The summed E-state index contributed by atoms with van der Waals surface area (Å²) in [5, 5.41) is 0.515. The van der Waals surface area contributed by atoms with Crippen LogP contribution in [0.1, 0.15) is 10.4 Å². The van der Waals surface area contributed by atoms with E-state index in [-0.39, 0.29) is 6.61 Å². The van der Waals surface area contributed by atoms with Gasteiger partial charge in [-0.3, -0.25) is 9.59 Å². The summed E-state index contributed by atoms with van der Waals surface area (Å²) < 4.78 is 5.56. The topological polar surface area (TPSA) is 46.6 Å². The first-order valence-corrected chi connectivity index (χ1v) is 6.89. The number of hydrogen-bond donors (Lipinski definition) is 0. The highest BCUT2D eigenvalue weighted by Gasteiger charge is 2.35. The van der Waals surface area contributed by atoms with Crippen molar-refractivity contribution in [3.05, 3.63) is 59.1 Å². The summed E-state index contributed by atoms with van der Waals surface area (Å²) >= 11 is 5.99.